The van der Waals surface area contributed by atoms with Crippen LogP contribution in [0.5, 0.6) is 0 Å². The molecule has 8 nitrogen and oxygen atoms in total. The highest BCUT2D eigenvalue weighted by Gasteiger charge is 2.47. The number of carbonyl (C=O) groups excluding carboxylic acids is 3. The van der Waals surface area contributed by atoms with Crippen LogP contribution < -0.4 is 10.0 Å². The number of ketones is 1. The van der Waals surface area contributed by atoms with E-state index in [0.29, 0.717) is 11.4 Å². The normalized spacial score (nSPS) is 18.6. The first kappa shape index (κ1) is 35.3. The Morgan fingerprint density at radius 3 is 2.04 bits per heavy atom. The van der Waals surface area contributed by atoms with Gasteiger partial charge in [-0.1, -0.05) is 37.8 Å². The van der Waals surface area contributed by atoms with Gasteiger partial charge in [0.25, 0.3) is 0 Å². The highest BCUT2D eigenvalue weighted by Crippen LogP contribution is 2.50. The van der Waals surface area contributed by atoms with Gasteiger partial charge in [-0.25, -0.2) is 4.79 Å². The first-order valence-corrected chi connectivity index (χ1v) is 19.1. The molecule has 0 bridgehead atoms. The fourth-order valence-electron chi connectivity index (χ4n) is 7.44. The number of rotatable bonds is 10. The lowest BCUT2D eigenvalue weighted by Crippen LogP contribution is -2.36. The molecular formula is C42H40N2O6S2. The van der Waals surface area contributed by atoms with Gasteiger partial charge in [0.15, 0.2) is 11.5 Å². The van der Waals surface area contributed by atoms with Crippen molar-refractivity contribution in [2.45, 2.75) is 52.4 Å². The Bertz CT molecular complexity index is 2240. The number of esters is 2. The Kier molecular flexibility index (Phi) is 9.17. The SMILES string of the molecule is CCOC(=O)CN1C(=CC2=C([O-])C(=CC3=[N+](CC(=O)OCC)c4ccc(-c5cccs5)cc4C3(C)C)C2=O)C(C)(C)c2cc(-c3cccs3)ccc21. The number of benzene rings is 2. The number of carbonyl (C=O) groups is 3. The van der Waals surface area contributed by atoms with Gasteiger partial charge in [0.05, 0.1) is 18.6 Å². The summed E-state index contributed by atoms with van der Waals surface area (Å²) in [7, 11) is 0. The van der Waals surface area contributed by atoms with E-state index in [-0.39, 0.29) is 49.0 Å². The predicted octanol–water partition coefficient (Wildman–Crippen LogP) is 7.45. The molecule has 0 spiro atoms. The molecule has 0 amide bonds. The van der Waals surface area contributed by atoms with E-state index in [9.17, 15) is 19.5 Å². The maximum Gasteiger partial charge on any atom is 0.372 e. The third-order valence-corrected chi connectivity index (χ3v) is 12.0. The predicted molar refractivity (Wildman–Crippen MR) is 204 cm³/mol. The van der Waals surface area contributed by atoms with E-state index in [1.165, 1.54) is 0 Å². The highest BCUT2D eigenvalue weighted by atomic mass is 32.1. The molecule has 0 saturated heterocycles. The van der Waals surface area contributed by atoms with Crippen molar-refractivity contribution in [3.8, 4) is 20.9 Å². The van der Waals surface area contributed by atoms with Crippen LogP contribution in [0.4, 0.5) is 11.4 Å². The maximum atomic E-state index is 14.0. The van der Waals surface area contributed by atoms with Crippen molar-refractivity contribution in [3.63, 3.8) is 0 Å². The minimum Gasteiger partial charge on any atom is -0.871 e. The third-order valence-electron chi connectivity index (χ3n) is 10.1. The summed E-state index contributed by atoms with van der Waals surface area (Å²) in [4.78, 5) is 43.8. The van der Waals surface area contributed by atoms with Crippen molar-refractivity contribution in [2.24, 2.45) is 0 Å². The summed E-state index contributed by atoms with van der Waals surface area (Å²) in [5.41, 5.74) is 5.92. The summed E-state index contributed by atoms with van der Waals surface area (Å²) in [6, 6.07) is 20.4. The van der Waals surface area contributed by atoms with Crippen LogP contribution in [0.1, 0.15) is 52.7 Å². The molecule has 2 aromatic carbocycles. The molecule has 0 atom stereocenters. The summed E-state index contributed by atoms with van der Waals surface area (Å²) in [5.74, 6) is -1.57. The Labute approximate surface area is 311 Å². The standard InChI is InChI=1S/C42H40N2O6S2/c1-7-49-37(45)23-43-31-15-13-25(33-11-9-17-51-33)19-29(31)41(3,4)35(43)21-27-39(47)28(40(27)48)22-36-42(5,6)30-20-26(34-12-10-18-52-34)14-16-32(30)44(36)24-38(46)50-8-2/h9-22H,7-8,23-24H2,1-6H3. The van der Waals surface area contributed by atoms with E-state index in [4.69, 9.17) is 9.47 Å². The monoisotopic (exact) mass is 732 g/mol. The van der Waals surface area contributed by atoms with Gasteiger partial charge in [0, 0.05) is 55.4 Å². The van der Waals surface area contributed by atoms with E-state index < -0.39 is 22.8 Å². The Hall–Kier alpha value is -5.06. The van der Waals surface area contributed by atoms with Crippen molar-refractivity contribution in [2.75, 3.05) is 31.2 Å². The zero-order chi connectivity index (χ0) is 36.9. The van der Waals surface area contributed by atoms with E-state index >= 15 is 0 Å². The van der Waals surface area contributed by atoms with Crippen molar-refractivity contribution in [1.29, 1.82) is 0 Å². The number of thiophene rings is 2. The van der Waals surface area contributed by atoms with E-state index in [2.05, 4.69) is 24.3 Å². The average molecular weight is 733 g/mol. The van der Waals surface area contributed by atoms with Gasteiger partial charge in [-0.2, -0.15) is 4.58 Å². The summed E-state index contributed by atoms with van der Waals surface area (Å²) in [6.45, 7) is 12.0. The van der Waals surface area contributed by atoms with Crippen molar-refractivity contribution in [1.82, 2.24) is 0 Å². The molecule has 0 unspecified atom stereocenters. The summed E-state index contributed by atoms with van der Waals surface area (Å²) in [5, 5.41) is 18.1. The highest BCUT2D eigenvalue weighted by molar-refractivity contribution is 7.13. The van der Waals surface area contributed by atoms with Crippen LogP contribution in [0, 0.1) is 0 Å². The van der Waals surface area contributed by atoms with Gasteiger partial charge in [0.1, 0.15) is 6.54 Å². The van der Waals surface area contributed by atoms with Crippen LogP contribution in [0.2, 0.25) is 0 Å². The van der Waals surface area contributed by atoms with Crippen LogP contribution in [0.25, 0.3) is 20.9 Å². The maximum absolute atomic E-state index is 14.0. The Morgan fingerprint density at radius 1 is 0.827 bits per heavy atom. The molecule has 0 N–H and O–H groups in total. The van der Waals surface area contributed by atoms with Crippen LogP contribution >= 0.6 is 22.7 Å². The van der Waals surface area contributed by atoms with Gasteiger partial charge >= 0.3 is 11.9 Å². The first-order valence-electron chi connectivity index (χ1n) is 17.4. The van der Waals surface area contributed by atoms with Gasteiger partial charge in [0.2, 0.25) is 12.2 Å². The number of fused-ring (bicyclic) bond motifs is 2. The van der Waals surface area contributed by atoms with Gasteiger partial charge in [-0.05, 0) is 97.6 Å². The lowest BCUT2D eigenvalue weighted by molar-refractivity contribution is -0.428. The smallest absolute Gasteiger partial charge is 0.372 e. The molecule has 2 aromatic heterocycles. The summed E-state index contributed by atoms with van der Waals surface area (Å²) in [6.07, 6.45) is 3.30. The topological polar surface area (TPSA) is 99.0 Å². The number of allylic oxidation sites excluding steroid dienone is 5. The lowest BCUT2D eigenvalue weighted by Gasteiger charge is -2.32. The second kappa shape index (κ2) is 13.5. The fraction of sp³-hybridized carbons (Fsp3) is 0.286. The van der Waals surface area contributed by atoms with Crippen molar-refractivity contribution in [3.05, 3.63) is 117 Å². The molecule has 2 aliphatic heterocycles. The summed E-state index contributed by atoms with van der Waals surface area (Å²) < 4.78 is 12.5. The molecule has 7 rings (SSSR count). The Balaban J connectivity index is 1.30. The van der Waals surface area contributed by atoms with E-state index in [1.54, 1.807) is 48.7 Å². The molecule has 0 saturated carbocycles. The number of nitrogens with zero attached hydrogens (tertiary/aromatic N) is 2. The third kappa shape index (κ3) is 5.93. The molecular weight excluding hydrogens is 693 g/mol. The number of anilines is 1. The molecule has 10 heteroatoms. The minimum absolute atomic E-state index is 0.0558. The average Bonchev–Trinajstić information content (AvgIpc) is 3.91. The van der Waals surface area contributed by atoms with Crippen molar-refractivity contribution < 1.29 is 33.5 Å². The molecule has 266 valence electrons. The van der Waals surface area contributed by atoms with Gasteiger partial charge < -0.3 is 19.5 Å². The van der Waals surface area contributed by atoms with Crippen molar-refractivity contribution >= 4 is 57.5 Å². The van der Waals surface area contributed by atoms with Crippen LogP contribution in [0.15, 0.2) is 106 Å². The largest absolute Gasteiger partial charge is 0.871 e. The van der Waals surface area contributed by atoms with Crippen LogP contribution in [0.3, 0.4) is 0 Å². The minimum atomic E-state index is -0.636. The summed E-state index contributed by atoms with van der Waals surface area (Å²) >= 11 is 3.29. The second-order valence-electron chi connectivity index (χ2n) is 14.0. The first-order chi connectivity index (χ1) is 24.9. The molecule has 52 heavy (non-hydrogen) atoms. The van der Waals surface area contributed by atoms with Gasteiger partial charge in [-0.15, -0.1) is 22.7 Å². The molecule has 4 heterocycles. The second-order valence-corrected chi connectivity index (χ2v) is 15.9. The molecule has 1 aliphatic carbocycles. The van der Waals surface area contributed by atoms with Crippen LogP contribution in [-0.2, 0) is 34.7 Å². The molecule has 4 aromatic rings. The van der Waals surface area contributed by atoms with E-state index in [0.717, 1.165) is 43.4 Å². The number of hydrogen-bond acceptors (Lipinski definition) is 9. The lowest BCUT2D eigenvalue weighted by atomic mass is 9.77. The molecule has 0 fully saturated rings. The Morgan fingerprint density at radius 2 is 1.44 bits per heavy atom. The quantitative estimate of drug-likeness (QED) is 0.0949. The zero-order valence-electron chi connectivity index (χ0n) is 30.1. The number of ether oxygens (including phenoxy) is 2. The zero-order valence-corrected chi connectivity index (χ0v) is 31.7. The molecule has 0 radical (unpaired) electrons. The number of Topliss-reactive ketones (excluding diaryl/α,β-unsaturated/α-hetero) is 1. The molecule has 3 aliphatic rings. The number of hydrogen-bond donors (Lipinski definition) is 0. The van der Waals surface area contributed by atoms with Gasteiger partial charge in [-0.3, -0.25) is 9.59 Å². The van der Waals surface area contributed by atoms with Crippen LogP contribution in [-0.4, -0.2) is 54.3 Å². The van der Waals surface area contributed by atoms with E-state index in [1.807, 2.05) is 84.3 Å². The fourth-order valence-corrected chi connectivity index (χ4v) is 8.89.